The minimum atomic E-state index is 0.323. The first kappa shape index (κ1) is 14.3. The van der Waals surface area contributed by atoms with E-state index in [1.54, 1.807) is 11.3 Å². The average molecular weight is 299 g/mol. The molecule has 0 aliphatic heterocycles. The number of benzene rings is 1. The summed E-state index contributed by atoms with van der Waals surface area (Å²) in [5, 5.41) is 7.77. The summed E-state index contributed by atoms with van der Waals surface area (Å²) in [6, 6.07) is 10.9. The third-order valence-electron chi connectivity index (χ3n) is 3.86. The molecule has 1 N–H and O–H groups in total. The third kappa shape index (κ3) is 2.87. The van der Waals surface area contributed by atoms with Crippen LogP contribution in [-0.2, 0) is 13.0 Å². The Morgan fingerprint density at radius 3 is 2.86 bits per heavy atom. The van der Waals surface area contributed by atoms with Gasteiger partial charge >= 0.3 is 0 Å². The summed E-state index contributed by atoms with van der Waals surface area (Å²) in [7, 11) is 2.02. The number of hydrogen-bond acceptors (Lipinski definition) is 3. The Morgan fingerprint density at radius 1 is 1.29 bits per heavy atom. The summed E-state index contributed by atoms with van der Waals surface area (Å²) in [5.41, 5.74) is 3.69. The molecule has 0 amide bonds. The average Bonchev–Trinajstić information content (AvgIpc) is 3.14. The molecular weight excluding hydrogens is 278 g/mol. The first-order valence-corrected chi connectivity index (χ1v) is 8.41. The second kappa shape index (κ2) is 6.41. The predicted octanol–water partition coefficient (Wildman–Crippen LogP) is 4.01. The molecule has 4 heteroatoms. The van der Waals surface area contributed by atoms with Crippen LogP contribution in [0.25, 0.3) is 11.0 Å². The van der Waals surface area contributed by atoms with Crippen molar-refractivity contribution in [2.75, 3.05) is 7.05 Å². The molecule has 0 bridgehead atoms. The van der Waals surface area contributed by atoms with Crippen molar-refractivity contribution in [1.29, 1.82) is 0 Å². The molecule has 3 nitrogen and oxygen atoms in total. The van der Waals surface area contributed by atoms with Crippen LogP contribution in [-0.4, -0.2) is 16.6 Å². The zero-order chi connectivity index (χ0) is 14.7. The van der Waals surface area contributed by atoms with E-state index in [0.717, 1.165) is 24.9 Å². The molecule has 2 aromatic heterocycles. The molecule has 1 atom stereocenters. The highest BCUT2D eigenvalue weighted by Crippen LogP contribution is 2.23. The summed E-state index contributed by atoms with van der Waals surface area (Å²) in [6.45, 7) is 3.24. The molecule has 2 heterocycles. The topological polar surface area (TPSA) is 29.9 Å². The summed E-state index contributed by atoms with van der Waals surface area (Å²) >= 11 is 1.75. The molecule has 0 spiro atoms. The van der Waals surface area contributed by atoms with Gasteiger partial charge in [-0.15, -0.1) is 0 Å². The Balaban J connectivity index is 1.97. The number of hydrogen-bond donors (Lipinski definition) is 1. The number of para-hydroxylation sites is 2. The Bertz CT molecular complexity index is 700. The minimum absolute atomic E-state index is 0.323. The van der Waals surface area contributed by atoms with Crippen molar-refractivity contribution in [3.05, 3.63) is 52.5 Å². The van der Waals surface area contributed by atoms with Crippen molar-refractivity contribution >= 4 is 22.4 Å². The fourth-order valence-corrected chi connectivity index (χ4v) is 3.51. The Morgan fingerprint density at radius 2 is 2.14 bits per heavy atom. The van der Waals surface area contributed by atoms with E-state index < -0.39 is 0 Å². The lowest BCUT2D eigenvalue weighted by Gasteiger charge is -2.16. The van der Waals surface area contributed by atoms with Gasteiger partial charge in [0.1, 0.15) is 5.82 Å². The number of imidazole rings is 1. The fraction of sp³-hybridized carbons (Fsp3) is 0.353. The molecule has 0 radical (unpaired) electrons. The van der Waals surface area contributed by atoms with E-state index >= 15 is 0 Å². The molecule has 0 fully saturated rings. The van der Waals surface area contributed by atoms with Gasteiger partial charge < -0.3 is 9.88 Å². The number of thiophene rings is 1. The van der Waals surface area contributed by atoms with Crippen molar-refractivity contribution in [3.8, 4) is 0 Å². The van der Waals surface area contributed by atoms with Gasteiger partial charge in [-0.2, -0.15) is 11.3 Å². The molecule has 21 heavy (non-hydrogen) atoms. The van der Waals surface area contributed by atoms with Gasteiger partial charge in [-0.05, 0) is 48.0 Å². The monoisotopic (exact) mass is 299 g/mol. The molecule has 0 aliphatic carbocycles. The maximum atomic E-state index is 4.86. The van der Waals surface area contributed by atoms with E-state index in [2.05, 4.69) is 57.9 Å². The fourth-order valence-electron chi connectivity index (χ4n) is 2.80. The second-order valence-corrected chi connectivity index (χ2v) is 6.05. The van der Waals surface area contributed by atoms with Gasteiger partial charge in [-0.25, -0.2) is 4.98 Å². The maximum absolute atomic E-state index is 4.86. The highest BCUT2D eigenvalue weighted by molar-refractivity contribution is 7.07. The Kier molecular flexibility index (Phi) is 4.36. The molecule has 3 rings (SSSR count). The van der Waals surface area contributed by atoms with Crippen molar-refractivity contribution in [2.45, 2.75) is 32.4 Å². The first-order valence-electron chi connectivity index (χ1n) is 7.47. The summed E-state index contributed by atoms with van der Waals surface area (Å²) in [5.74, 6) is 1.17. The van der Waals surface area contributed by atoms with Crippen LogP contribution in [0.1, 0.15) is 30.8 Å². The number of rotatable bonds is 6. The van der Waals surface area contributed by atoms with Gasteiger partial charge in [0.2, 0.25) is 0 Å². The van der Waals surface area contributed by atoms with Gasteiger partial charge in [0.25, 0.3) is 0 Å². The molecule has 110 valence electrons. The van der Waals surface area contributed by atoms with E-state index in [0.29, 0.717) is 6.04 Å². The van der Waals surface area contributed by atoms with Crippen LogP contribution in [0.15, 0.2) is 41.1 Å². The summed E-state index contributed by atoms with van der Waals surface area (Å²) < 4.78 is 2.37. The quantitative estimate of drug-likeness (QED) is 0.745. The van der Waals surface area contributed by atoms with Gasteiger partial charge in [0.05, 0.1) is 11.0 Å². The van der Waals surface area contributed by atoms with Gasteiger partial charge in [-0.1, -0.05) is 19.1 Å². The third-order valence-corrected chi connectivity index (χ3v) is 4.56. The van der Waals surface area contributed by atoms with E-state index in [4.69, 9.17) is 4.98 Å². The smallest absolute Gasteiger partial charge is 0.111 e. The molecular formula is C17H21N3S. The minimum Gasteiger partial charge on any atom is -0.328 e. The van der Waals surface area contributed by atoms with Crippen LogP contribution >= 0.6 is 11.3 Å². The molecule has 0 aliphatic rings. The second-order valence-electron chi connectivity index (χ2n) is 5.27. The van der Waals surface area contributed by atoms with E-state index in [1.807, 2.05) is 7.05 Å². The summed E-state index contributed by atoms with van der Waals surface area (Å²) in [6.07, 6.45) is 2.04. The van der Waals surface area contributed by atoms with Crippen LogP contribution < -0.4 is 5.32 Å². The van der Waals surface area contributed by atoms with E-state index in [9.17, 15) is 0 Å². The highest BCUT2D eigenvalue weighted by atomic mass is 32.1. The largest absolute Gasteiger partial charge is 0.328 e. The van der Waals surface area contributed by atoms with Crippen molar-refractivity contribution in [1.82, 2.24) is 14.9 Å². The van der Waals surface area contributed by atoms with Gasteiger partial charge in [0.15, 0.2) is 0 Å². The lowest BCUT2D eigenvalue weighted by molar-refractivity contribution is 0.549. The zero-order valence-electron chi connectivity index (χ0n) is 12.5. The van der Waals surface area contributed by atoms with Gasteiger partial charge in [-0.3, -0.25) is 0 Å². The Hall–Kier alpha value is -1.65. The lowest BCUT2D eigenvalue weighted by Crippen LogP contribution is -2.20. The van der Waals surface area contributed by atoms with Crippen LogP contribution in [0, 0.1) is 0 Å². The molecule has 3 aromatic rings. The molecule has 0 saturated carbocycles. The SMILES string of the molecule is CCCn1c(CC(NC)c2ccsc2)nc2ccccc21. The number of nitrogens with one attached hydrogen (secondary N) is 1. The normalized spacial score (nSPS) is 12.9. The number of aryl methyl sites for hydroxylation is 1. The zero-order valence-corrected chi connectivity index (χ0v) is 13.4. The number of aromatic nitrogens is 2. The maximum Gasteiger partial charge on any atom is 0.111 e. The van der Waals surface area contributed by atoms with Crippen LogP contribution in [0.2, 0.25) is 0 Å². The molecule has 1 aromatic carbocycles. The van der Waals surface area contributed by atoms with Crippen molar-refractivity contribution < 1.29 is 0 Å². The van der Waals surface area contributed by atoms with Crippen LogP contribution in [0.3, 0.4) is 0 Å². The van der Waals surface area contributed by atoms with Gasteiger partial charge in [0, 0.05) is 19.0 Å². The molecule has 1 unspecified atom stereocenters. The molecule has 0 saturated heterocycles. The van der Waals surface area contributed by atoms with Crippen LogP contribution in [0.4, 0.5) is 0 Å². The number of likely N-dealkylation sites (N-methyl/N-ethyl adjacent to an activating group) is 1. The predicted molar refractivity (Wildman–Crippen MR) is 89.8 cm³/mol. The van der Waals surface area contributed by atoms with E-state index in [-0.39, 0.29) is 0 Å². The van der Waals surface area contributed by atoms with Crippen molar-refractivity contribution in [3.63, 3.8) is 0 Å². The first-order chi connectivity index (χ1) is 10.3. The number of fused-ring (bicyclic) bond motifs is 1. The highest BCUT2D eigenvalue weighted by Gasteiger charge is 2.16. The standard InChI is InChI=1S/C17H21N3S/c1-3-9-20-16-7-5-4-6-14(16)19-17(20)11-15(18-2)13-8-10-21-12-13/h4-8,10,12,15,18H,3,9,11H2,1-2H3. The number of nitrogens with zero attached hydrogens (tertiary/aromatic N) is 2. The lowest BCUT2D eigenvalue weighted by atomic mass is 10.1. The van der Waals surface area contributed by atoms with E-state index in [1.165, 1.54) is 16.9 Å². The van der Waals surface area contributed by atoms with Crippen molar-refractivity contribution in [2.24, 2.45) is 0 Å². The Labute approximate surface area is 129 Å². The summed E-state index contributed by atoms with van der Waals surface area (Å²) in [4.78, 5) is 4.86. The van der Waals surface area contributed by atoms with Crippen LogP contribution in [0.5, 0.6) is 0 Å².